The monoisotopic (exact) mass is 405 g/mol. The van der Waals surface area contributed by atoms with E-state index in [9.17, 15) is 4.79 Å². The number of allylic oxidation sites excluding steroid dienone is 2. The number of nitrogens with zero attached hydrogens (tertiary/aromatic N) is 2. The third-order valence-electron chi connectivity index (χ3n) is 3.98. The largest absolute Gasteiger partial charge is 0.433 e. The van der Waals surface area contributed by atoms with Crippen LogP contribution >= 0.6 is 22.6 Å². The first-order chi connectivity index (χ1) is 9.76. The van der Waals surface area contributed by atoms with Crippen molar-refractivity contribution in [3.05, 3.63) is 11.4 Å². The number of rotatable bonds is 2. The first-order valence-corrected chi connectivity index (χ1v) is 8.53. The lowest BCUT2D eigenvalue weighted by Crippen LogP contribution is -2.42. The molecule has 2 aliphatic heterocycles. The van der Waals surface area contributed by atoms with Crippen LogP contribution in [-0.4, -0.2) is 33.4 Å². The second-order valence-electron chi connectivity index (χ2n) is 6.21. The summed E-state index contributed by atoms with van der Waals surface area (Å²) >= 11 is 2.13. The lowest BCUT2D eigenvalue weighted by Gasteiger charge is -2.34. The normalized spacial score (nSPS) is 21.3. The zero-order valence-corrected chi connectivity index (χ0v) is 15.1. The molecule has 2 aliphatic rings. The summed E-state index contributed by atoms with van der Waals surface area (Å²) in [4.78, 5) is 18.5. The molecule has 6 heteroatoms. The maximum absolute atomic E-state index is 12.0. The van der Waals surface area contributed by atoms with Gasteiger partial charge in [0.25, 0.3) is 0 Å². The van der Waals surface area contributed by atoms with E-state index in [-0.39, 0.29) is 6.09 Å². The summed E-state index contributed by atoms with van der Waals surface area (Å²) in [5.41, 5.74) is 9.02. The van der Waals surface area contributed by atoms with E-state index in [0.29, 0.717) is 5.92 Å². The van der Waals surface area contributed by atoms with Crippen molar-refractivity contribution in [1.29, 1.82) is 0 Å². The maximum atomic E-state index is 12.0. The molecule has 118 valence electrons. The van der Waals surface area contributed by atoms with E-state index in [1.165, 1.54) is 5.71 Å². The SMILES string of the molecule is CC1=C(N)CCC(C2CCN(C(=O)OC(C)(C)I)CC2)=N1. The molecule has 0 spiro atoms. The Hall–Kier alpha value is -0.790. The van der Waals surface area contributed by atoms with Gasteiger partial charge in [-0.2, -0.15) is 0 Å². The van der Waals surface area contributed by atoms with E-state index < -0.39 is 3.61 Å². The van der Waals surface area contributed by atoms with E-state index in [1.807, 2.05) is 20.8 Å². The molecule has 1 fully saturated rings. The number of alkyl halides is 1. The van der Waals surface area contributed by atoms with Gasteiger partial charge in [-0.3, -0.25) is 4.99 Å². The van der Waals surface area contributed by atoms with E-state index in [4.69, 9.17) is 10.5 Å². The van der Waals surface area contributed by atoms with Crippen molar-refractivity contribution in [3.63, 3.8) is 0 Å². The molecule has 2 N–H and O–H groups in total. The van der Waals surface area contributed by atoms with Gasteiger partial charge in [0.2, 0.25) is 0 Å². The van der Waals surface area contributed by atoms with Gasteiger partial charge in [0, 0.05) is 30.4 Å². The van der Waals surface area contributed by atoms with Crippen molar-refractivity contribution in [1.82, 2.24) is 4.90 Å². The van der Waals surface area contributed by atoms with E-state index in [1.54, 1.807) is 4.90 Å². The molecular weight excluding hydrogens is 381 g/mol. The van der Waals surface area contributed by atoms with Crippen molar-refractivity contribution < 1.29 is 9.53 Å². The van der Waals surface area contributed by atoms with Crippen LogP contribution in [0.15, 0.2) is 16.4 Å². The Bertz CT molecular complexity index is 472. The van der Waals surface area contributed by atoms with E-state index in [2.05, 4.69) is 27.6 Å². The first kappa shape index (κ1) is 16.6. The van der Waals surface area contributed by atoms with Crippen molar-refractivity contribution in [2.75, 3.05) is 13.1 Å². The fraction of sp³-hybridized carbons (Fsp3) is 0.733. The van der Waals surface area contributed by atoms with Gasteiger partial charge in [-0.05, 0) is 69.0 Å². The van der Waals surface area contributed by atoms with Crippen LogP contribution in [0.5, 0.6) is 0 Å². The van der Waals surface area contributed by atoms with Crippen LogP contribution in [-0.2, 0) is 4.74 Å². The van der Waals surface area contributed by atoms with Crippen LogP contribution in [0.3, 0.4) is 0 Å². The van der Waals surface area contributed by atoms with Gasteiger partial charge in [-0.25, -0.2) is 4.79 Å². The Morgan fingerprint density at radius 1 is 1.38 bits per heavy atom. The fourth-order valence-electron chi connectivity index (χ4n) is 2.75. The van der Waals surface area contributed by atoms with Gasteiger partial charge >= 0.3 is 6.09 Å². The number of hydrogen-bond donors (Lipinski definition) is 1. The number of likely N-dealkylation sites (tertiary alicyclic amines) is 1. The minimum absolute atomic E-state index is 0.209. The average Bonchev–Trinajstić information content (AvgIpc) is 2.40. The molecule has 1 amide bonds. The molecule has 0 aromatic heterocycles. The number of carbonyl (C=O) groups excluding carboxylic acids is 1. The predicted octanol–water partition coefficient (Wildman–Crippen LogP) is 3.43. The van der Waals surface area contributed by atoms with Crippen molar-refractivity contribution in [2.24, 2.45) is 16.6 Å². The standard InChI is InChI=1S/C15H24IN3O2/c1-10-12(17)4-5-13(18-10)11-6-8-19(9-7-11)14(20)21-15(2,3)16/h11H,4-9,17H2,1-3H3. The minimum atomic E-state index is -0.460. The van der Waals surface area contributed by atoms with Crippen molar-refractivity contribution in [2.45, 2.75) is 50.1 Å². The number of amides is 1. The topological polar surface area (TPSA) is 67.9 Å². The fourth-order valence-corrected chi connectivity index (χ4v) is 2.94. The summed E-state index contributed by atoms with van der Waals surface area (Å²) in [5, 5.41) is 0. The molecular formula is C15H24IN3O2. The molecule has 0 aliphatic carbocycles. The van der Waals surface area contributed by atoms with Crippen LogP contribution in [0.1, 0.15) is 46.5 Å². The van der Waals surface area contributed by atoms with Gasteiger partial charge in [0.15, 0.2) is 3.61 Å². The van der Waals surface area contributed by atoms with Crippen LogP contribution in [0.25, 0.3) is 0 Å². The summed E-state index contributed by atoms with van der Waals surface area (Å²) in [6.45, 7) is 7.23. The van der Waals surface area contributed by atoms with Gasteiger partial charge < -0.3 is 15.4 Å². The second-order valence-corrected chi connectivity index (χ2v) is 8.80. The van der Waals surface area contributed by atoms with Gasteiger partial charge in [0.05, 0.1) is 5.70 Å². The summed E-state index contributed by atoms with van der Waals surface area (Å²) in [7, 11) is 0. The van der Waals surface area contributed by atoms with Gasteiger partial charge in [-0.1, -0.05) is 0 Å². The molecule has 21 heavy (non-hydrogen) atoms. The molecule has 0 bridgehead atoms. The quantitative estimate of drug-likeness (QED) is 0.566. The van der Waals surface area contributed by atoms with Gasteiger partial charge in [-0.15, -0.1) is 0 Å². The Morgan fingerprint density at radius 3 is 2.52 bits per heavy atom. The summed E-state index contributed by atoms with van der Waals surface area (Å²) in [5.74, 6) is 0.477. The number of halogens is 1. The lowest BCUT2D eigenvalue weighted by molar-refractivity contribution is 0.0620. The molecule has 0 saturated carbocycles. The predicted molar refractivity (Wildman–Crippen MR) is 92.4 cm³/mol. The second kappa shape index (κ2) is 6.54. The van der Waals surface area contributed by atoms with Crippen LogP contribution < -0.4 is 5.73 Å². The zero-order chi connectivity index (χ0) is 15.6. The molecule has 0 aromatic carbocycles. The molecule has 0 unspecified atom stereocenters. The number of piperidine rings is 1. The summed E-state index contributed by atoms with van der Waals surface area (Å²) in [6.07, 6.45) is 3.58. The molecule has 2 heterocycles. The zero-order valence-electron chi connectivity index (χ0n) is 13.0. The number of hydrogen-bond acceptors (Lipinski definition) is 4. The molecule has 0 atom stereocenters. The van der Waals surface area contributed by atoms with Crippen LogP contribution in [0, 0.1) is 5.92 Å². The number of ether oxygens (including phenoxy) is 1. The number of aliphatic imine (C=N–C) groups is 1. The lowest BCUT2D eigenvalue weighted by atomic mass is 9.88. The van der Waals surface area contributed by atoms with E-state index >= 15 is 0 Å². The highest BCUT2D eigenvalue weighted by Gasteiger charge is 2.30. The molecule has 1 saturated heterocycles. The van der Waals surface area contributed by atoms with Crippen LogP contribution in [0.2, 0.25) is 0 Å². The molecule has 2 rings (SSSR count). The molecule has 0 aromatic rings. The smallest absolute Gasteiger partial charge is 0.411 e. The third kappa shape index (κ3) is 4.59. The van der Waals surface area contributed by atoms with Crippen molar-refractivity contribution >= 4 is 34.4 Å². The number of nitrogens with two attached hydrogens (primary N) is 1. The summed E-state index contributed by atoms with van der Waals surface area (Å²) < 4.78 is 4.95. The Balaban J connectivity index is 1.89. The van der Waals surface area contributed by atoms with E-state index in [0.717, 1.165) is 50.2 Å². The van der Waals surface area contributed by atoms with Gasteiger partial charge in [0.1, 0.15) is 0 Å². The minimum Gasteiger partial charge on any atom is -0.433 e. The Labute approximate surface area is 140 Å². The Kier molecular flexibility index (Phi) is 5.16. The highest BCUT2D eigenvalue weighted by molar-refractivity contribution is 14.1. The molecule has 5 nitrogen and oxygen atoms in total. The highest BCUT2D eigenvalue weighted by Crippen LogP contribution is 2.27. The highest BCUT2D eigenvalue weighted by atomic mass is 127. The maximum Gasteiger partial charge on any atom is 0.411 e. The number of carbonyl (C=O) groups is 1. The summed E-state index contributed by atoms with van der Waals surface area (Å²) in [6, 6.07) is 0. The Morgan fingerprint density at radius 2 is 2.00 bits per heavy atom. The van der Waals surface area contributed by atoms with Crippen LogP contribution in [0.4, 0.5) is 4.79 Å². The average molecular weight is 405 g/mol. The molecule has 0 radical (unpaired) electrons. The van der Waals surface area contributed by atoms with Crippen molar-refractivity contribution in [3.8, 4) is 0 Å². The third-order valence-corrected chi connectivity index (χ3v) is 4.20. The first-order valence-electron chi connectivity index (χ1n) is 7.46.